The molecule has 3 aromatic heterocycles. The van der Waals surface area contributed by atoms with Gasteiger partial charge in [-0.3, -0.25) is 4.79 Å². The van der Waals surface area contributed by atoms with Gasteiger partial charge in [-0.15, -0.1) is 0 Å². The van der Waals surface area contributed by atoms with Crippen LogP contribution in [0.15, 0.2) is 78.9 Å². The minimum absolute atomic E-state index is 0.212. The highest BCUT2D eigenvalue weighted by molar-refractivity contribution is 5.77. The van der Waals surface area contributed by atoms with Crippen LogP contribution in [0.1, 0.15) is 34.8 Å². The number of aryl methyl sites for hydroxylation is 1. The predicted molar refractivity (Wildman–Crippen MR) is 141 cm³/mol. The third-order valence-corrected chi connectivity index (χ3v) is 5.51. The molecule has 5 heterocycles. The zero-order chi connectivity index (χ0) is 24.0. The van der Waals surface area contributed by atoms with Gasteiger partial charge in [0.2, 0.25) is 0 Å². The van der Waals surface area contributed by atoms with Crippen molar-refractivity contribution in [3.63, 3.8) is 0 Å². The first-order chi connectivity index (χ1) is 17.1. The van der Waals surface area contributed by atoms with Gasteiger partial charge in [0.05, 0.1) is 22.8 Å². The van der Waals surface area contributed by atoms with Gasteiger partial charge in [0.1, 0.15) is 0 Å². The van der Waals surface area contributed by atoms with Gasteiger partial charge in [-0.1, -0.05) is 30.3 Å². The molecule has 4 aromatic rings. The number of hydrogen-bond acceptors (Lipinski definition) is 3. The number of aliphatic carboxylic acids is 1. The number of fused-ring (bicyclic) bond motifs is 8. The Morgan fingerprint density at radius 1 is 0.629 bits per heavy atom. The van der Waals surface area contributed by atoms with Gasteiger partial charge in [-0.05, 0) is 84.8 Å². The molecule has 172 valence electrons. The summed E-state index contributed by atoms with van der Waals surface area (Å²) in [5.74, 6) is -0.742. The lowest BCUT2D eigenvalue weighted by Gasteiger charge is -1.95. The average molecular weight is 461 g/mol. The van der Waals surface area contributed by atoms with Crippen LogP contribution in [0, 0.1) is 0 Å². The summed E-state index contributed by atoms with van der Waals surface area (Å²) in [6, 6.07) is 26.0. The first-order valence-electron chi connectivity index (χ1n) is 11.4. The van der Waals surface area contributed by atoms with E-state index in [0.29, 0.717) is 6.42 Å². The molecule has 0 spiro atoms. The van der Waals surface area contributed by atoms with Crippen LogP contribution in [-0.2, 0) is 11.2 Å². The summed E-state index contributed by atoms with van der Waals surface area (Å²) < 4.78 is 0. The maximum Gasteiger partial charge on any atom is 0.303 e. The van der Waals surface area contributed by atoms with Crippen molar-refractivity contribution in [2.75, 3.05) is 0 Å². The van der Waals surface area contributed by atoms with Crippen LogP contribution in [-0.4, -0.2) is 31.0 Å². The van der Waals surface area contributed by atoms with Gasteiger partial charge < -0.3 is 15.1 Å². The summed E-state index contributed by atoms with van der Waals surface area (Å²) in [6.07, 6.45) is 8.92. The van der Waals surface area contributed by atoms with Crippen LogP contribution >= 0.6 is 0 Å². The average Bonchev–Trinajstić information content (AvgIpc) is 3.65. The summed E-state index contributed by atoms with van der Waals surface area (Å²) in [6.45, 7) is 0. The van der Waals surface area contributed by atoms with E-state index >= 15 is 0 Å². The van der Waals surface area contributed by atoms with E-state index in [9.17, 15) is 4.79 Å². The third-order valence-electron chi connectivity index (χ3n) is 5.51. The molecule has 2 aliphatic heterocycles. The molecule has 6 nitrogen and oxygen atoms in total. The monoisotopic (exact) mass is 460 g/mol. The standard InChI is InChI=1S/C20H14N4.C9H10O2/c1-2-14-10-16-5-6-18(23-16)12-20-8-7-19(24-20)11-17-4-3-15(22-17)9-13(1)21-14;10-9(11)7-6-8-4-2-1-3-5-8/h1-12,21,24H;1-5H,6-7H2,(H,10,11). The van der Waals surface area contributed by atoms with E-state index in [1.165, 1.54) is 0 Å². The number of rotatable bonds is 3. The Morgan fingerprint density at radius 3 is 1.40 bits per heavy atom. The summed E-state index contributed by atoms with van der Waals surface area (Å²) in [5.41, 5.74) is 8.94. The van der Waals surface area contributed by atoms with E-state index in [0.717, 1.165) is 50.4 Å². The van der Waals surface area contributed by atoms with E-state index in [4.69, 9.17) is 5.11 Å². The predicted octanol–water partition coefficient (Wildman–Crippen LogP) is 6.36. The zero-order valence-electron chi connectivity index (χ0n) is 19.0. The molecule has 2 aliphatic rings. The Labute approximate surface area is 202 Å². The van der Waals surface area contributed by atoms with Gasteiger partial charge in [-0.25, -0.2) is 9.97 Å². The second-order valence-electron chi connectivity index (χ2n) is 8.28. The Morgan fingerprint density at radius 2 is 1.03 bits per heavy atom. The highest BCUT2D eigenvalue weighted by atomic mass is 16.4. The Bertz CT molecular complexity index is 1400. The highest BCUT2D eigenvalue weighted by Crippen LogP contribution is 2.17. The molecule has 0 saturated carbocycles. The lowest BCUT2D eigenvalue weighted by Crippen LogP contribution is -1.96. The van der Waals surface area contributed by atoms with Crippen molar-refractivity contribution >= 4 is 52.3 Å². The van der Waals surface area contributed by atoms with Crippen LogP contribution in [0.4, 0.5) is 0 Å². The molecule has 0 fully saturated rings. The van der Waals surface area contributed by atoms with Crippen molar-refractivity contribution in [2.45, 2.75) is 12.8 Å². The largest absolute Gasteiger partial charge is 0.481 e. The molecule has 0 amide bonds. The lowest BCUT2D eigenvalue weighted by atomic mass is 10.1. The van der Waals surface area contributed by atoms with E-state index in [-0.39, 0.29) is 6.42 Å². The van der Waals surface area contributed by atoms with Crippen molar-refractivity contribution in [1.82, 2.24) is 19.9 Å². The summed E-state index contributed by atoms with van der Waals surface area (Å²) in [4.78, 5) is 26.2. The molecule has 6 rings (SSSR count). The third kappa shape index (κ3) is 6.00. The van der Waals surface area contributed by atoms with Crippen LogP contribution < -0.4 is 0 Å². The second-order valence-corrected chi connectivity index (χ2v) is 8.28. The molecule has 1 aromatic carbocycles. The Balaban J connectivity index is 0.000000195. The fourth-order valence-corrected chi connectivity index (χ4v) is 3.84. The quantitative estimate of drug-likeness (QED) is 0.286. The fraction of sp³-hybridized carbons (Fsp3) is 0.0690. The number of H-pyrrole nitrogens is 2. The highest BCUT2D eigenvalue weighted by Gasteiger charge is 2.01. The SMILES string of the molecule is C1=Cc2cc3ccc(cc4nc(cc5ccc(cc1n2)[nH]5)C=C4)[nH]3.O=C(O)CCc1ccccc1. The number of aromatic amines is 2. The molecule has 3 N–H and O–H groups in total. The van der Waals surface area contributed by atoms with Crippen molar-refractivity contribution < 1.29 is 9.90 Å². The van der Waals surface area contributed by atoms with Gasteiger partial charge in [-0.2, -0.15) is 0 Å². The topological polar surface area (TPSA) is 94.7 Å². The lowest BCUT2D eigenvalue weighted by molar-refractivity contribution is -0.136. The van der Waals surface area contributed by atoms with Crippen molar-refractivity contribution in [1.29, 1.82) is 0 Å². The van der Waals surface area contributed by atoms with E-state index in [1.807, 2.05) is 78.9 Å². The molecular weight excluding hydrogens is 436 g/mol. The van der Waals surface area contributed by atoms with Gasteiger partial charge >= 0.3 is 5.97 Å². The summed E-state index contributed by atoms with van der Waals surface area (Å²) in [5, 5.41) is 8.37. The van der Waals surface area contributed by atoms with Gasteiger partial charge in [0, 0.05) is 28.5 Å². The maximum absolute atomic E-state index is 10.2. The smallest absolute Gasteiger partial charge is 0.303 e. The van der Waals surface area contributed by atoms with Crippen LogP contribution in [0.5, 0.6) is 0 Å². The van der Waals surface area contributed by atoms with Crippen LogP contribution in [0.25, 0.3) is 46.4 Å². The fourth-order valence-electron chi connectivity index (χ4n) is 3.84. The molecule has 6 heteroatoms. The molecular formula is C29H24N4O2. The van der Waals surface area contributed by atoms with E-state index in [1.54, 1.807) is 0 Å². The van der Waals surface area contributed by atoms with E-state index in [2.05, 4.69) is 44.2 Å². The Kier molecular flexibility index (Phi) is 6.35. The molecule has 35 heavy (non-hydrogen) atoms. The number of nitrogens with one attached hydrogen (secondary N) is 2. The summed E-state index contributed by atoms with van der Waals surface area (Å²) >= 11 is 0. The maximum atomic E-state index is 10.2. The normalized spacial score (nSPS) is 11.7. The minimum Gasteiger partial charge on any atom is -0.481 e. The number of carboxylic acids is 1. The first-order valence-corrected chi connectivity index (χ1v) is 11.4. The number of carboxylic acid groups (broad SMARTS) is 1. The number of carbonyl (C=O) groups is 1. The minimum atomic E-state index is -0.742. The number of hydrogen-bond donors (Lipinski definition) is 3. The second kappa shape index (κ2) is 10.1. The molecule has 0 radical (unpaired) electrons. The van der Waals surface area contributed by atoms with Crippen molar-refractivity contribution in [2.24, 2.45) is 0 Å². The number of benzene rings is 1. The number of aromatic nitrogens is 4. The van der Waals surface area contributed by atoms with Gasteiger partial charge in [0.25, 0.3) is 0 Å². The summed E-state index contributed by atoms with van der Waals surface area (Å²) in [7, 11) is 0. The zero-order valence-corrected chi connectivity index (χ0v) is 19.0. The molecule has 0 atom stereocenters. The van der Waals surface area contributed by atoms with Gasteiger partial charge in [0.15, 0.2) is 0 Å². The van der Waals surface area contributed by atoms with Crippen molar-refractivity contribution in [3.05, 3.63) is 107 Å². The van der Waals surface area contributed by atoms with Crippen LogP contribution in [0.2, 0.25) is 0 Å². The Hall–Kier alpha value is -4.71. The molecule has 0 aliphatic carbocycles. The number of nitrogens with zero attached hydrogens (tertiary/aromatic N) is 2. The molecule has 8 bridgehead atoms. The molecule has 0 unspecified atom stereocenters. The van der Waals surface area contributed by atoms with Crippen molar-refractivity contribution in [3.8, 4) is 0 Å². The molecule has 0 saturated heterocycles. The van der Waals surface area contributed by atoms with Crippen LogP contribution in [0.3, 0.4) is 0 Å². The van der Waals surface area contributed by atoms with E-state index < -0.39 is 5.97 Å². The first kappa shape index (κ1) is 22.1.